The van der Waals surface area contributed by atoms with Gasteiger partial charge >= 0.3 is 6.09 Å². The fraction of sp³-hybridized carbons (Fsp3) is 0.471. The minimum Gasteiger partial charge on any atom is -0.443 e. The SMILES string of the molecule is CC1=CC[C@@H]([N+](=O)[O-])[C@H](c2ccccc2Cl)N1C(=O)OC(C)(C)C. The summed E-state index contributed by atoms with van der Waals surface area (Å²) in [6, 6.07) is 5.07. The van der Waals surface area contributed by atoms with Crippen molar-refractivity contribution in [2.75, 3.05) is 0 Å². The first kappa shape index (κ1) is 18.3. The van der Waals surface area contributed by atoms with Gasteiger partial charge in [-0.3, -0.25) is 15.0 Å². The van der Waals surface area contributed by atoms with E-state index in [1.807, 2.05) is 0 Å². The van der Waals surface area contributed by atoms with Crippen LogP contribution in [0.1, 0.15) is 45.7 Å². The number of halogens is 1. The molecule has 1 heterocycles. The van der Waals surface area contributed by atoms with Crippen molar-refractivity contribution < 1.29 is 14.5 Å². The third-order valence-electron chi connectivity index (χ3n) is 3.76. The van der Waals surface area contributed by atoms with Crippen molar-refractivity contribution in [3.8, 4) is 0 Å². The Morgan fingerprint density at radius 2 is 2.00 bits per heavy atom. The molecule has 0 saturated carbocycles. The highest BCUT2D eigenvalue weighted by Gasteiger charge is 2.44. The fourth-order valence-electron chi connectivity index (χ4n) is 2.74. The molecule has 1 aliphatic rings. The second-order valence-electron chi connectivity index (χ2n) is 6.75. The summed E-state index contributed by atoms with van der Waals surface area (Å²) in [5.41, 5.74) is 0.454. The number of carbonyl (C=O) groups is 1. The van der Waals surface area contributed by atoms with Crippen LogP contribution in [0.5, 0.6) is 0 Å². The van der Waals surface area contributed by atoms with Gasteiger partial charge in [-0.1, -0.05) is 35.9 Å². The molecule has 0 fully saturated rings. The van der Waals surface area contributed by atoms with Crippen LogP contribution in [-0.2, 0) is 4.74 Å². The molecule has 0 N–H and O–H groups in total. The fourth-order valence-corrected chi connectivity index (χ4v) is 2.99. The van der Waals surface area contributed by atoms with Gasteiger partial charge in [0, 0.05) is 27.6 Å². The van der Waals surface area contributed by atoms with E-state index in [9.17, 15) is 14.9 Å². The third-order valence-corrected chi connectivity index (χ3v) is 4.11. The second kappa shape index (κ2) is 6.81. The molecule has 0 bridgehead atoms. The Morgan fingerprint density at radius 3 is 2.54 bits per heavy atom. The first-order chi connectivity index (χ1) is 11.1. The van der Waals surface area contributed by atoms with Crippen LogP contribution in [0.2, 0.25) is 5.02 Å². The minimum atomic E-state index is -0.985. The molecule has 0 radical (unpaired) electrons. The lowest BCUT2D eigenvalue weighted by Gasteiger charge is -2.38. The molecule has 130 valence electrons. The van der Waals surface area contributed by atoms with Crippen LogP contribution >= 0.6 is 11.6 Å². The zero-order valence-electron chi connectivity index (χ0n) is 14.2. The van der Waals surface area contributed by atoms with Gasteiger partial charge in [-0.25, -0.2) is 4.79 Å². The Kier molecular flexibility index (Phi) is 5.18. The van der Waals surface area contributed by atoms with Crippen LogP contribution in [0.25, 0.3) is 0 Å². The number of hydrogen-bond acceptors (Lipinski definition) is 4. The summed E-state index contributed by atoms with van der Waals surface area (Å²) in [4.78, 5) is 25.2. The number of rotatable bonds is 2. The molecule has 1 aromatic rings. The number of hydrogen-bond donors (Lipinski definition) is 0. The second-order valence-corrected chi connectivity index (χ2v) is 7.16. The molecule has 0 aliphatic carbocycles. The largest absolute Gasteiger partial charge is 0.443 e. The average Bonchev–Trinajstić information content (AvgIpc) is 2.45. The highest BCUT2D eigenvalue weighted by atomic mass is 35.5. The summed E-state index contributed by atoms with van der Waals surface area (Å²) in [6.45, 7) is 7.00. The normalized spacial score (nSPS) is 21.2. The number of amides is 1. The lowest BCUT2D eigenvalue weighted by Crippen LogP contribution is -2.47. The number of benzene rings is 1. The van der Waals surface area contributed by atoms with Crippen LogP contribution in [0.3, 0.4) is 0 Å². The van der Waals surface area contributed by atoms with Crippen LogP contribution < -0.4 is 0 Å². The molecule has 6 nitrogen and oxygen atoms in total. The Balaban J connectivity index is 2.52. The predicted molar refractivity (Wildman–Crippen MR) is 91.4 cm³/mol. The topological polar surface area (TPSA) is 72.7 Å². The molecule has 7 heteroatoms. The summed E-state index contributed by atoms with van der Waals surface area (Å²) < 4.78 is 5.45. The van der Waals surface area contributed by atoms with E-state index in [4.69, 9.17) is 16.3 Å². The number of carbonyl (C=O) groups excluding carboxylic acids is 1. The molecule has 0 spiro atoms. The number of allylic oxidation sites excluding steroid dienone is 1. The monoisotopic (exact) mass is 352 g/mol. The Labute approximate surface area is 146 Å². The van der Waals surface area contributed by atoms with E-state index in [2.05, 4.69) is 0 Å². The van der Waals surface area contributed by atoms with E-state index < -0.39 is 23.8 Å². The van der Waals surface area contributed by atoms with Gasteiger partial charge in [-0.05, 0) is 33.8 Å². The van der Waals surface area contributed by atoms with E-state index in [1.165, 1.54) is 4.90 Å². The summed E-state index contributed by atoms with van der Waals surface area (Å²) in [5, 5.41) is 12.0. The van der Waals surface area contributed by atoms with Gasteiger partial charge in [0.25, 0.3) is 0 Å². The first-order valence-corrected chi connectivity index (χ1v) is 8.06. The molecule has 1 amide bonds. The van der Waals surface area contributed by atoms with E-state index in [-0.39, 0.29) is 11.3 Å². The number of nitro groups is 1. The molecule has 1 aromatic carbocycles. The number of ether oxygens (including phenoxy) is 1. The first-order valence-electron chi connectivity index (χ1n) is 7.68. The molecular weight excluding hydrogens is 332 g/mol. The minimum absolute atomic E-state index is 0.230. The van der Waals surface area contributed by atoms with Crippen LogP contribution in [0, 0.1) is 10.1 Å². The zero-order chi connectivity index (χ0) is 18.1. The average molecular weight is 353 g/mol. The van der Waals surface area contributed by atoms with Crippen molar-refractivity contribution in [1.29, 1.82) is 0 Å². The highest BCUT2D eigenvalue weighted by Crippen LogP contribution is 2.39. The van der Waals surface area contributed by atoms with Crippen LogP contribution in [0.4, 0.5) is 4.79 Å². The zero-order valence-corrected chi connectivity index (χ0v) is 14.9. The molecule has 24 heavy (non-hydrogen) atoms. The maximum atomic E-state index is 12.7. The number of nitrogens with zero attached hydrogens (tertiary/aromatic N) is 2. The van der Waals surface area contributed by atoms with Gasteiger partial charge in [0.1, 0.15) is 11.6 Å². The summed E-state index contributed by atoms with van der Waals surface area (Å²) in [7, 11) is 0. The van der Waals surface area contributed by atoms with Crippen molar-refractivity contribution in [2.45, 2.75) is 51.8 Å². The van der Waals surface area contributed by atoms with Crippen molar-refractivity contribution in [2.24, 2.45) is 0 Å². The molecule has 0 saturated heterocycles. The van der Waals surface area contributed by atoms with E-state index in [0.717, 1.165) is 0 Å². The summed E-state index contributed by atoms with van der Waals surface area (Å²) in [6.07, 6.45) is 1.30. The van der Waals surface area contributed by atoms with Gasteiger partial charge in [0.2, 0.25) is 6.04 Å². The van der Waals surface area contributed by atoms with Crippen molar-refractivity contribution in [3.63, 3.8) is 0 Å². The van der Waals surface area contributed by atoms with Gasteiger partial charge in [0.05, 0.1) is 0 Å². The Hall–Kier alpha value is -2.08. The lowest BCUT2D eigenvalue weighted by molar-refractivity contribution is -0.530. The molecule has 0 unspecified atom stereocenters. The third kappa shape index (κ3) is 3.87. The van der Waals surface area contributed by atoms with Gasteiger partial charge in [-0.2, -0.15) is 0 Å². The van der Waals surface area contributed by atoms with Crippen LogP contribution in [-0.4, -0.2) is 27.6 Å². The van der Waals surface area contributed by atoms with Crippen molar-refractivity contribution in [3.05, 3.63) is 56.7 Å². The molecular formula is C17H21ClN2O4. The Morgan fingerprint density at radius 1 is 1.38 bits per heavy atom. The van der Waals surface area contributed by atoms with Gasteiger partial charge in [-0.15, -0.1) is 0 Å². The standard InChI is InChI=1S/C17H21ClN2O4/c1-11-9-10-14(20(22)23)15(12-7-5-6-8-13(12)18)19(11)16(21)24-17(2,3)4/h5-9,14-15H,10H2,1-4H3/t14-,15+/m1/s1. The van der Waals surface area contributed by atoms with Crippen molar-refractivity contribution >= 4 is 17.7 Å². The lowest BCUT2D eigenvalue weighted by atomic mass is 9.92. The van der Waals surface area contributed by atoms with Gasteiger partial charge in [0.15, 0.2) is 0 Å². The Bertz CT molecular complexity index is 681. The van der Waals surface area contributed by atoms with Gasteiger partial charge < -0.3 is 4.74 Å². The summed E-state index contributed by atoms with van der Waals surface area (Å²) >= 11 is 6.26. The maximum Gasteiger partial charge on any atom is 0.415 e. The smallest absolute Gasteiger partial charge is 0.415 e. The molecule has 0 aromatic heterocycles. The van der Waals surface area contributed by atoms with E-state index >= 15 is 0 Å². The molecule has 1 aliphatic heterocycles. The van der Waals surface area contributed by atoms with E-state index in [0.29, 0.717) is 16.3 Å². The van der Waals surface area contributed by atoms with Crippen LogP contribution in [0.15, 0.2) is 36.0 Å². The van der Waals surface area contributed by atoms with Crippen molar-refractivity contribution in [1.82, 2.24) is 4.90 Å². The predicted octanol–water partition coefficient (Wildman–Crippen LogP) is 4.57. The maximum absolute atomic E-state index is 12.7. The highest BCUT2D eigenvalue weighted by molar-refractivity contribution is 6.31. The van der Waals surface area contributed by atoms with E-state index in [1.54, 1.807) is 58.0 Å². The molecule has 2 rings (SSSR count). The summed E-state index contributed by atoms with van der Waals surface area (Å²) in [5.74, 6) is 0. The quantitative estimate of drug-likeness (QED) is 0.577. The molecule has 2 atom stereocenters.